The van der Waals surface area contributed by atoms with Gasteiger partial charge in [0.15, 0.2) is 10.8 Å². The maximum Gasteiger partial charge on any atom is 0.355 e. The third-order valence-electron chi connectivity index (χ3n) is 12.3. The molecule has 1 amide bonds. The van der Waals surface area contributed by atoms with E-state index in [0.29, 0.717) is 58.0 Å². The zero-order chi connectivity index (χ0) is 32.1. The number of hydrogen-bond acceptors (Lipinski definition) is 8. The van der Waals surface area contributed by atoms with Crippen molar-refractivity contribution in [3.05, 3.63) is 88.7 Å². The van der Waals surface area contributed by atoms with Gasteiger partial charge in [0.2, 0.25) is 0 Å². The molecule has 4 aromatic rings. The number of thiazole rings is 1. The molecule has 47 heavy (non-hydrogen) atoms. The molecule has 10 heteroatoms. The molecule has 4 N–H and O–H groups in total. The van der Waals surface area contributed by atoms with Crippen LogP contribution in [0.25, 0.3) is 15.8 Å². The number of aromatic nitrogens is 2. The minimum Gasteiger partial charge on any atom is -0.476 e. The van der Waals surface area contributed by atoms with Crippen LogP contribution in [-0.2, 0) is 13.0 Å². The summed E-state index contributed by atoms with van der Waals surface area (Å²) in [6.45, 7) is 3.81. The number of pyridine rings is 1. The summed E-state index contributed by atoms with van der Waals surface area (Å²) in [6.07, 6.45) is 7.58. The lowest BCUT2D eigenvalue weighted by Crippen LogP contribution is -2.86. The van der Waals surface area contributed by atoms with Crippen molar-refractivity contribution in [2.75, 3.05) is 23.3 Å². The summed E-state index contributed by atoms with van der Waals surface area (Å²) in [5.74, 6) is 1.96. The molecule has 0 radical (unpaired) electrons. The number of aliphatic imine (C=N–C) groups is 1. The van der Waals surface area contributed by atoms with E-state index in [2.05, 4.69) is 15.3 Å². The first-order valence-corrected chi connectivity index (χ1v) is 17.3. The number of nitrogens with two attached hydrogens (primary N) is 1. The summed E-state index contributed by atoms with van der Waals surface area (Å²) in [5, 5.41) is 13.8. The van der Waals surface area contributed by atoms with Crippen molar-refractivity contribution in [3.8, 4) is 0 Å². The Morgan fingerprint density at radius 1 is 1.06 bits per heavy atom. The molecule has 9 nitrogen and oxygen atoms in total. The van der Waals surface area contributed by atoms with Crippen LogP contribution in [0.3, 0.4) is 0 Å². The lowest BCUT2D eigenvalue weighted by atomic mass is 9.13. The summed E-state index contributed by atoms with van der Waals surface area (Å²) >= 11 is 1.44. The number of benzene rings is 2. The van der Waals surface area contributed by atoms with Crippen molar-refractivity contribution in [1.29, 1.82) is 0 Å². The number of aromatic carboxylic acids is 1. The van der Waals surface area contributed by atoms with E-state index in [1.54, 1.807) is 6.07 Å². The number of fused-ring (bicyclic) bond motifs is 2. The third-order valence-corrected chi connectivity index (χ3v) is 13.2. The van der Waals surface area contributed by atoms with E-state index in [0.717, 1.165) is 51.4 Å². The number of rotatable bonds is 8. The van der Waals surface area contributed by atoms with Crippen LogP contribution in [0.1, 0.15) is 70.1 Å². The van der Waals surface area contributed by atoms with Crippen LogP contribution in [-0.4, -0.2) is 45.8 Å². The lowest BCUT2D eigenvalue weighted by molar-refractivity contribution is -0.427. The Balaban J connectivity index is 0.954. The second-order valence-electron chi connectivity index (χ2n) is 14.1. The summed E-state index contributed by atoms with van der Waals surface area (Å²) in [4.78, 5) is 42.4. The highest BCUT2D eigenvalue weighted by Crippen LogP contribution is 2.92. The van der Waals surface area contributed by atoms with E-state index in [1.165, 1.54) is 43.2 Å². The van der Waals surface area contributed by atoms with Gasteiger partial charge in [-0.3, -0.25) is 15.1 Å². The minimum absolute atomic E-state index is 0.0522. The molecule has 2 aromatic carbocycles. The zero-order valence-electron chi connectivity index (χ0n) is 26.2. The second kappa shape index (κ2) is 10.2. The fourth-order valence-corrected chi connectivity index (χ4v) is 11.1. The molecule has 9 rings (SSSR count). The number of carboxylic acid groups (broad SMARTS) is 1. The molecule has 2 aromatic heterocycles. The molecule has 2 atom stereocenters. The van der Waals surface area contributed by atoms with Gasteiger partial charge in [-0.25, -0.2) is 14.8 Å². The number of nitrogens with one attached hydrogen (secondary N) is 1. The number of carboxylic acids is 1. The van der Waals surface area contributed by atoms with Gasteiger partial charge in [0.25, 0.3) is 5.91 Å². The molecule has 4 saturated carbocycles. The van der Waals surface area contributed by atoms with Crippen molar-refractivity contribution in [2.24, 2.45) is 39.3 Å². The normalized spacial score (nSPS) is 28.5. The molecule has 0 saturated heterocycles. The third kappa shape index (κ3) is 3.97. The molecule has 238 valence electrons. The molecular weight excluding hydrogens is 609 g/mol. The van der Waals surface area contributed by atoms with Crippen molar-refractivity contribution in [2.45, 2.75) is 45.6 Å². The van der Waals surface area contributed by atoms with Gasteiger partial charge in [0.1, 0.15) is 5.82 Å². The van der Waals surface area contributed by atoms with E-state index in [1.807, 2.05) is 60.4 Å². The van der Waals surface area contributed by atoms with Crippen LogP contribution in [0.4, 0.5) is 10.9 Å². The molecule has 1 spiro atoms. The summed E-state index contributed by atoms with van der Waals surface area (Å²) < 4.78 is 1.01. The summed E-state index contributed by atoms with van der Waals surface area (Å²) in [6, 6.07) is 17.2. The van der Waals surface area contributed by atoms with Gasteiger partial charge in [-0.15, -0.1) is 0 Å². The maximum absolute atomic E-state index is 13.5. The first-order chi connectivity index (χ1) is 22.8. The van der Waals surface area contributed by atoms with Gasteiger partial charge >= 0.3 is 5.97 Å². The second-order valence-corrected chi connectivity index (χ2v) is 15.1. The smallest absolute Gasteiger partial charge is 0.355 e. The van der Waals surface area contributed by atoms with Crippen molar-refractivity contribution in [1.82, 2.24) is 9.97 Å². The Morgan fingerprint density at radius 3 is 2.60 bits per heavy atom. The average Bonchev–Trinajstić information content (AvgIpc) is 3.45. The molecule has 5 aliphatic rings. The van der Waals surface area contributed by atoms with Gasteiger partial charge < -0.3 is 15.7 Å². The molecule has 1 aliphatic heterocycles. The number of carbonyl (C=O) groups is 2. The van der Waals surface area contributed by atoms with Crippen molar-refractivity contribution >= 4 is 55.7 Å². The molecule has 0 bridgehead atoms. The lowest BCUT2D eigenvalue weighted by Gasteiger charge is -2.91. The summed E-state index contributed by atoms with van der Waals surface area (Å²) in [5.41, 5.74) is 12.3. The average molecular weight is 645 g/mol. The Labute approximate surface area is 276 Å². The van der Waals surface area contributed by atoms with E-state index in [9.17, 15) is 14.7 Å². The number of para-hydroxylation sites is 1. The number of anilines is 2. The van der Waals surface area contributed by atoms with E-state index < -0.39 is 5.97 Å². The van der Waals surface area contributed by atoms with Crippen LogP contribution in [0.5, 0.6) is 0 Å². The van der Waals surface area contributed by atoms with Crippen molar-refractivity contribution < 1.29 is 14.7 Å². The zero-order valence-corrected chi connectivity index (χ0v) is 27.0. The largest absolute Gasteiger partial charge is 0.476 e. The van der Waals surface area contributed by atoms with Gasteiger partial charge in [-0.2, -0.15) is 0 Å². The van der Waals surface area contributed by atoms with E-state index >= 15 is 0 Å². The summed E-state index contributed by atoms with van der Waals surface area (Å²) in [7, 11) is 0. The van der Waals surface area contributed by atoms with Crippen LogP contribution in [0.2, 0.25) is 0 Å². The Kier molecular flexibility index (Phi) is 6.22. The monoisotopic (exact) mass is 644 g/mol. The van der Waals surface area contributed by atoms with Crippen LogP contribution in [0, 0.1) is 28.6 Å². The predicted molar refractivity (Wildman–Crippen MR) is 184 cm³/mol. The molecule has 3 heterocycles. The van der Waals surface area contributed by atoms with Crippen LogP contribution >= 0.6 is 11.3 Å². The van der Waals surface area contributed by atoms with Gasteiger partial charge in [-0.05, 0) is 109 Å². The quantitative estimate of drug-likeness (QED) is 0.189. The topological polar surface area (TPSA) is 134 Å². The van der Waals surface area contributed by atoms with Gasteiger partial charge in [0.05, 0.1) is 10.2 Å². The molecular formula is C37H36N6O3S. The van der Waals surface area contributed by atoms with Crippen LogP contribution in [0.15, 0.2) is 65.8 Å². The van der Waals surface area contributed by atoms with Gasteiger partial charge in [-0.1, -0.05) is 35.6 Å². The molecule has 4 fully saturated rings. The number of nitrogens with zero attached hydrogens (tertiary/aromatic N) is 4. The number of hydrogen-bond donors (Lipinski definition) is 3. The number of amides is 1. The van der Waals surface area contributed by atoms with E-state index in [-0.39, 0.29) is 11.6 Å². The van der Waals surface area contributed by atoms with Crippen LogP contribution < -0.4 is 16.0 Å². The highest BCUT2D eigenvalue weighted by molar-refractivity contribution is 7.22. The van der Waals surface area contributed by atoms with E-state index in [4.69, 9.17) is 10.7 Å². The number of allylic oxidation sites excluding steroid dienone is 1. The Bertz CT molecular complexity index is 2010. The predicted octanol–water partition coefficient (Wildman–Crippen LogP) is 6.40. The maximum atomic E-state index is 13.5. The Morgan fingerprint density at radius 2 is 1.87 bits per heavy atom. The first-order valence-electron chi connectivity index (χ1n) is 16.5. The molecule has 4 aliphatic carbocycles. The van der Waals surface area contributed by atoms with Gasteiger partial charge in [0, 0.05) is 48.2 Å². The minimum atomic E-state index is -1.12. The number of carbonyl (C=O) groups excluding carboxylic acids is 1. The standard InChI is InChI=1S/C37H36N6O3S/c1-20(39-19-36-15-23-13-22-14-24(16-36)37(22,23)36)27(17-38)25-9-10-31(41-32(25)34(45)46)43-12-11-21-5-4-6-26(28(21)18-43)33(44)42-35-40-29-7-2-3-8-30(29)47-35/h2-10,17,22-24H,11-16,18-19,38H2,1H3,(H,45,46)(H,40,42,44)/b27-17+,39-20?. The first kappa shape index (κ1) is 28.6. The fourth-order valence-electron chi connectivity index (χ4n) is 10.3. The molecule has 2 unspecified atom stereocenters. The highest BCUT2D eigenvalue weighted by Gasteiger charge is 2.87. The highest BCUT2D eigenvalue weighted by atomic mass is 32.1. The van der Waals surface area contributed by atoms with Crippen molar-refractivity contribution in [3.63, 3.8) is 0 Å². The fraction of sp³-hybridized carbons (Fsp3) is 0.378. The Hall–Kier alpha value is -4.57. The SMILES string of the molecule is CC(=NCC12CC3CC4CC(C1)C432)/C(=C\N)c1ccc(N2CCc3cccc(C(=O)Nc4nc5ccccc5s4)c3C2)nc1C(=O)O.